The number of amides is 1. The molecule has 0 radical (unpaired) electrons. The molecule has 7 heteroatoms. The summed E-state index contributed by atoms with van der Waals surface area (Å²) in [6.45, 7) is -0.0871. The first-order valence-electron chi connectivity index (χ1n) is 6.29. The highest BCUT2D eigenvalue weighted by Crippen LogP contribution is 2.18. The van der Waals surface area contributed by atoms with Crippen molar-refractivity contribution in [3.63, 3.8) is 0 Å². The van der Waals surface area contributed by atoms with E-state index in [1.54, 1.807) is 6.92 Å². The predicted octanol–water partition coefficient (Wildman–Crippen LogP) is 1.84. The summed E-state index contributed by atoms with van der Waals surface area (Å²) in [4.78, 5) is 16.8. The number of halogens is 3. The molecule has 114 valence electrons. The average Bonchev–Trinajstić information content (AvgIpc) is 2.43. The maximum absolute atomic E-state index is 12.5. The number of aromatic nitrogens is 1. The second-order valence-electron chi connectivity index (χ2n) is 4.20. The molecule has 0 spiro atoms. The van der Waals surface area contributed by atoms with Gasteiger partial charge in [0.05, 0.1) is 5.56 Å². The van der Waals surface area contributed by atoms with E-state index in [0.29, 0.717) is 11.3 Å². The van der Waals surface area contributed by atoms with Crippen LogP contribution in [0.25, 0.3) is 0 Å². The van der Waals surface area contributed by atoms with Gasteiger partial charge in [0.25, 0.3) is 5.91 Å². The van der Waals surface area contributed by atoms with E-state index in [0.717, 1.165) is 0 Å². The summed E-state index contributed by atoms with van der Waals surface area (Å²) >= 11 is 0. The molecule has 21 heavy (non-hydrogen) atoms. The van der Waals surface area contributed by atoms with Gasteiger partial charge in [-0.25, -0.2) is 4.98 Å². The Balaban J connectivity index is 3.09. The van der Waals surface area contributed by atoms with Crippen LogP contribution >= 0.6 is 0 Å². The Morgan fingerprint density at radius 1 is 1.48 bits per heavy atom. The number of aliphatic hydroxyl groups is 1. The van der Waals surface area contributed by atoms with Crippen molar-refractivity contribution in [2.24, 2.45) is 0 Å². The molecular weight excluding hydrogens is 285 g/mol. The predicted molar refractivity (Wildman–Crippen MR) is 70.5 cm³/mol. The van der Waals surface area contributed by atoms with Gasteiger partial charge >= 0.3 is 6.18 Å². The van der Waals surface area contributed by atoms with Gasteiger partial charge in [-0.1, -0.05) is 18.8 Å². The third-order valence-electron chi connectivity index (χ3n) is 2.46. The number of pyridine rings is 1. The Bertz CT molecular complexity index is 547. The number of carbonyl (C=O) groups excluding carboxylic acids is 1. The van der Waals surface area contributed by atoms with Gasteiger partial charge in [0.1, 0.15) is 18.8 Å². The second kappa shape index (κ2) is 7.64. The number of hydrogen-bond acceptors (Lipinski definition) is 3. The summed E-state index contributed by atoms with van der Waals surface area (Å²) in [5.74, 6) is 4.04. The molecule has 1 amide bonds. The zero-order valence-corrected chi connectivity index (χ0v) is 11.4. The van der Waals surface area contributed by atoms with Crippen molar-refractivity contribution in [2.75, 3.05) is 19.7 Å². The summed E-state index contributed by atoms with van der Waals surface area (Å²) < 4.78 is 37.6. The van der Waals surface area contributed by atoms with Crippen LogP contribution in [0, 0.1) is 11.8 Å². The van der Waals surface area contributed by atoms with Crippen LogP contribution in [-0.2, 0) is 0 Å². The van der Waals surface area contributed by atoms with E-state index in [1.165, 1.54) is 18.3 Å². The number of alkyl halides is 3. The van der Waals surface area contributed by atoms with E-state index >= 15 is 0 Å². The van der Waals surface area contributed by atoms with Crippen molar-refractivity contribution in [1.29, 1.82) is 0 Å². The molecule has 1 heterocycles. The Morgan fingerprint density at radius 2 is 2.19 bits per heavy atom. The molecular formula is C14H15F3N2O2. The van der Waals surface area contributed by atoms with Gasteiger partial charge < -0.3 is 10.0 Å². The molecule has 0 aromatic carbocycles. The van der Waals surface area contributed by atoms with E-state index in [1.807, 2.05) is 0 Å². The van der Waals surface area contributed by atoms with Crippen LogP contribution in [0.2, 0.25) is 0 Å². The molecule has 4 nitrogen and oxygen atoms in total. The number of rotatable bonds is 4. The Hall–Kier alpha value is -2.07. The first-order chi connectivity index (χ1) is 9.89. The normalized spacial score (nSPS) is 10.7. The lowest BCUT2D eigenvalue weighted by molar-refractivity contribution is -0.140. The Kier molecular flexibility index (Phi) is 6.18. The van der Waals surface area contributed by atoms with Gasteiger partial charge in [-0.2, -0.15) is 13.2 Å². The lowest BCUT2D eigenvalue weighted by Gasteiger charge is -2.23. The fourth-order valence-electron chi connectivity index (χ4n) is 1.70. The smallest absolute Gasteiger partial charge is 0.384 e. The molecule has 1 aromatic rings. The number of carbonyl (C=O) groups is 1. The topological polar surface area (TPSA) is 53.4 Å². The van der Waals surface area contributed by atoms with E-state index in [-0.39, 0.29) is 17.8 Å². The molecule has 0 saturated heterocycles. The molecule has 1 rings (SSSR count). The number of nitrogens with zero attached hydrogens (tertiary/aromatic N) is 2. The molecule has 1 aromatic heterocycles. The third kappa shape index (κ3) is 5.44. The zero-order chi connectivity index (χ0) is 15.9. The van der Waals surface area contributed by atoms with Crippen molar-refractivity contribution in [1.82, 2.24) is 9.88 Å². The van der Waals surface area contributed by atoms with Crippen molar-refractivity contribution in [3.05, 3.63) is 29.6 Å². The SMILES string of the molecule is CCCN(CC(F)(F)F)C(=O)c1ncccc1C#CCO. The average molecular weight is 300 g/mol. The van der Waals surface area contributed by atoms with E-state index in [2.05, 4.69) is 16.8 Å². The molecule has 0 unspecified atom stereocenters. The summed E-state index contributed by atoms with van der Waals surface area (Å²) in [5, 5.41) is 8.67. The standard InChI is InChI=1S/C14H15F3N2O2/c1-2-8-19(10-14(15,16)17)13(21)12-11(6-4-9-20)5-3-7-18-12/h3,5,7,20H,2,8-10H2,1H3. The van der Waals surface area contributed by atoms with Crippen LogP contribution in [0.1, 0.15) is 29.4 Å². The van der Waals surface area contributed by atoms with Gasteiger partial charge in [-0.05, 0) is 18.6 Å². The van der Waals surface area contributed by atoms with Crippen LogP contribution in [-0.4, -0.2) is 46.8 Å². The largest absolute Gasteiger partial charge is 0.406 e. The number of aliphatic hydroxyl groups excluding tert-OH is 1. The number of hydrogen-bond donors (Lipinski definition) is 1. The molecule has 0 fully saturated rings. The van der Waals surface area contributed by atoms with Crippen LogP contribution in [0.4, 0.5) is 13.2 Å². The highest BCUT2D eigenvalue weighted by atomic mass is 19.4. The van der Waals surface area contributed by atoms with E-state index in [9.17, 15) is 18.0 Å². The fourth-order valence-corrected chi connectivity index (χ4v) is 1.70. The third-order valence-corrected chi connectivity index (χ3v) is 2.46. The summed E-state index contributed by atoms with van der Waals surface area (Å²) in [6, 6.07) is 2.99. The van der Waals surface area contributed by atoms with Crippen LogP contribution in [0.5, 0.6) is 0 Å². The van der Waals surface area contributed by atoms with Gasteiger partial charge in [0, 0.05) is 12.7 Å². The molecule has 0 bridgehead atoms. The minimum atomic E-state index is -4.48. The zero-order valence-electron chi connectivity index (χ0n) is 11.4. The lowest BCUT2D eigenvalue weighted by Crippen LogP contribution is -2.40. The van der Waals surface area contributed by atoms with Gasteiger partial charge in [-0.3, -0.25) is 4.79 Å². The molecule has 0 aliphatic carbocycles. The van der Waals surface area contributed by atoms with Crippen molar-refractivity contribution < 1.29 is 23.1 Å². The molecule has 0 aliphatic rings. The van der Waals surface area contributed by atoms with Gasteiger partial charge in [0.2, 0.25) is 0 Å². The summed E-state index contributed by atoms with van der Waals surface area (Å²) in [6.07, 6.45) is -2.77. The van der Waals surface area contributed by atoms with Gasteiger partial charge in [-0.15, -0.1) is 0 Å². The monoisotopic (exact) mass is 300 g/mol. The van der Waals surface area contributed by atoms with Crippen LogP contribution in [0.15, 0.2) is 18.3 Å². The van der Waals surface area contributed by atoms with Crippen molar-refractivity contribution in [3.8, 4) is 11.8 Å². The van der Waals surface area contributed by atoms with E-state index < -0.39 is 25.2 Å². The quantitative estimate of drug-likeness (QED) is 0.863. The maximum Gasteiger partial charge on any atom is 0.406 e. The van der Waals surface area contributed by atoms with Crippen molar-refractivity contribution in [2.45, 2.75) is 19.5 Å². The fraction of sp³-hybridized carbons (Fsp3) is 0.429. The molecule has 1 N–H and O–H groups in total. The van der Waals surface area contributed by atoms with Gasteiger partial charge in [0.15, 0.2) is 0 Å². The summed E-state index contributed by atoms with van der Waals surface area (Å²) in [7, 11) is 0. The minimum absolute atomic E-state index is 0.0260. The Labute approximate surface area is 120 Å². The minimum Gasteiger partial charge on any atom is -0.384 e. The van der Waals surface area contributed by atoms with Crippen LogP contribution < -0.4 is 0 Å². The maximum atomic E-state index is 12.5. The highest BCUT2D eigenvalue weighted by Gasteiger charge is 2.33. The summed E-state index contributed by atoms with van der Waals surface area (Å²) in [5.41, 5.74) is 0.0518. The first-order valence-corrected chi connectivity index (χ1v) is 6.29. The van der Waals surface area contributed by atoms with Crippen molar-refractivity contribution >= 4 is 5.91 Å². The molecule has 0 aliphatic heterocycles. The van der Waals surface area contributed by atoms with E-state index in [4.69, 9.17) is 5.11 Å². The highest BCUT2D eigenvalue weighted by molar-refractivity contribution is 5.94. The lowest BCUT2D eigenvalue weighted by atomic mass is 10.1. The molecule has 0 saturated carbocycles. The molecule has 0 atom stereocenters. The van der Waals surface area contributed by atoms with Crippen LogP contribution in [0.3, 0.4) is 0 Å². The Morgan fingerprint density at radius 3 is 2.76 bits per heavy atom. The second-order valence-corrected chi connectivity index (χ2v) is 4.20. The first kappa shape index (κ1) is 17.0.